The summed E-state index contributed by atoms with van der Waals surface area (Å²) < 4.78 is 5.20. The van der Waals surface area contributed by atoms with Crippen LogP contribution in [-0.2, 0) is 14.3 Å². The number of carbonyl (C=O) groups excluding carboxylic acids is 1. The Kier molecular flexibility index (Phi) is 5.70. The number of methoxy groups -OCH3 is 1. The van der Waals surface area contributed by atoms with Crippen molar-refractivity contribution >= 4 is 11.9 Å². The number of benzene rings is 1. The van der Waals surface area contributed by atoms with E-state index in [1.54, 1.807) is 13.8 Å². The van der Waals surface area contributed by atoms with Gasteiger partial charge in [0.05, 0.1) is 5.41 Å². The standard InChI is InChI=1S/C15H21NO4/c1-15(2,14(18)19)9-10-16-13(17)12(20-3)11-7-5-4-6-8-11/h4-8,12H,9-10H2,1-3H3,(H,16,17)(H,18,19)/t12-/m1/s1. The van der Waals surface area contributed by atoms with E-state index in [0.29, 0.717) is 13.0 Å². The van der Waals surface area contributed by atoms with E-state index >= 15 is 0 Å². The van der Waals surface area contributed by atoms with Gasteiger partial charge in [-0.2, -0.15) is 0 Å². The zero-order chi connectivity index (χ0) is 15.2. The molecule has 5 nitrogen and oxygen atoms in total. The molecule has 110 valence electrons. The predicted octanol–water partition coefficient (Wildman–Crippen LogP) is 1.99. The van der Waals surface area contributed by atoms with Crippen LogP contribution in [0.4, 0.5) is 0 Å². The van der Waals surface area contributed by atoms with Gasteiger partial charge in [0.1, 0.15) is 0 Å². The molecule has 0 unspecified atom stereocenters. The largest absolute Gasteiger partial charge is 0.481 e. The fraction of sp³-hybridized carbons (Fsp3) is 0.467. The number of amides is 1. The van der Waals surface area contributed by atoms with Crippen molar-refractivity contribution in [1.82, 2.24) is 5.32 Å². The van der Waals surface area contributed by atoms with Crippen LogP contribution in [0.15, 0.2) is 30.3 Å². The Hall–Kier alpha value is -1.88. The second-order valence-corrected chi connectivity index (χ2v) is 5.26. The smallest absolute Gasteiger partial charge is 0.309 e. The first kappa shape index (κ1) is 16.2. The van der Waals surface area contributed by atoms with Gasteiger partial charge in [-0.3, -0.25) is 9.59 Å². The summed E-state index contributed by atoms with van der Waals surface area (Å²) in [5.74, 6) is -1.14. The van der Waals surface area contributed by atoms with Gasteiger partial charge in [0, 0.05) is 13.7 Å². The molecule has 1 aromatic rings. The number of carbonyl (C=O) groups is 2. The number of hydrogen-bond donors (Lipinski definition) is 2. The molecule has 5 heteroatoms. The molecule has 0 bridgehead atoms. The molecule has 0 radical (unpaired) electrons. The SMILES string of the molecule is CO[C@@H](C(=O)NCCC(C)(C)C(=O)O)c1ccccc1. The van der Waals surface area contributed by atoms with Crippen LogP contribution < -0.4 is 5.32 Å². The van der Waals surface area contributed by atoms with Crippen LogP contribution in [0.3, 0.4) is 0 Å². The minimum Gasteiger partial charge on any atom is -0.481 e. The normalized spacial score (nSPS) is 12.8. The molecular weight excluding hydrogens is 258 g/mol. The van der Waals surface area contributed by atoms with E-state index in [9.17, 15) is 9.59 Å². The van der Waals surface area contributed by atoms with Crippen LogP contribution >= 0.6 is 0 Å². The number of ether oxygens (including phenoxy) is 1. The molecule has 0 aliphatic rings. The summed E-state index contributed by atoms with van der Waals surface area (Å²) >= 11 is 0. The summed E-state index contributed by atoms with van der Waals surface area (Å²) in [6.07, 6.45) is -0.316. The highest BCUT2D eigenvalue weighted by Crippen LogP contribution is 2.20. The Morgan fingerprint density at radius 2 is 1.90 bits per heavy atom. The second kappa shape index (κ2) is 7.05. The quantitative estimate of drug-likeness (QED) is 0.800. The average Bonchev–Trinajstić information content (AvgIpc) is 2.40. The molecule has 0 fully saturated rings. The molecule has 1 rings (SSSR count). The van der Waals surface area contributed by atoms with E-state index in [-0.39, 0.29) is 5.91 Å². The monoisotopic (exact) mass is 279 g/mol. The molecule has 1 aromatic carbocycles. The molecule has 1 atom stereocenters. The van der Waals surface area contributed by atoms with Gasteiger partial charge in [0.2, 0.25) is 0 Å². The molecule has 0 aromatic heterocycles. The Morgan fingerprint density at radius 3 is 2.40 bits per heavy atom. The van der Waals surface area contributed by atoms with E-state index in [1.165, 1.54) is 7.11 Å². The van der Waals surface area contributed by atoms with Crippen molar-refractivity contribution in [2.24, 2.45) is 5.41 Å². The minimum absolute atomic E-state index is 0.264. The van der Waals surface area contributed by atoms with Gasteiger partial charge in [-0.15, -0.1) is 0 Å². The maximum absolute atomic E-state index is 12.0. The molecule has 0 saturated carbocycles. The van der Waals surface area contributed by atoms with E-state index in [4.69, 9.17) is 9.84 Å². The van der Waals surface area contributed by atoms with Crippen molar-refractivity contribution < 1.29 is 19.4 Å². The maximum atomic E-state index is 12.0. The van der Waals surface area contributed by atoms with Crippen molar-refractivity contribution in [3.8, 4) is 0 Å². The van der Waals surface area contributed by atoms with Crippen LogP contribution in [0.1, 0.15) is 31.9 Å². The summed E-state index contributed by atoms with van der Waals surface area (Å²) in [6, 6.07) is 9.16. The van der Waals surface area contributed by atoms with E-state index in [2.05, 4.69) is 5.32 Å². The molecule has 2 N–H and O–H groups in total. The topological polar surface area (TPSA) is 75.6 Å². The van der Waals surface area contributed by atoms with Gasteiger partial charge in [-0.1, -0.05) is 30.3 Å². The number of carboxylic acids is 1. The first-order chi connectivity index (χ1) is 9.38. The lowest BCUT2D eigenvalue weighted by atomic mass is 9.89. The van der Waals surface area contributed by atoms with Crippen molar-refractivity contribution in [1.29, 1.82) is 0 Å². The summed E-state index contributed by atoms with van der Waals surface area (Å²) in [5, 5.41) is 11.7. The average molecular weight is 279 g/mol. The summed E-state index contributed by atoms with van der Waals surface area (Å²) in [6.45, 7) is 3.56. The summed E-state index contributed by atoms with van der Waals surface area (Å²) in [5.41, 5.74) is -0.0900. The summed E-state index contributed by atoms with van der Waals surface area (Å²) in [7, 11) is 1.47. The van der Waals surface area contributed by atoms with Crippen molar-refractivity contribution in [2.45, 2.75) is 26.4 Å². The molecular formula is C15H21NO4. The fourth-order valence-electron chi connectivity index (χ4n) is 1.72. The third-order valence-corrected chi connectivity index (χ3v) is 3.20. The predicted molar refractivity (Wildman–Crippen MR) is 75.2 cm³/mol. The second-order valence-electron chi connectivity index (χ2n) is 5.26. The van der Waals surface area contributed by atoms with Crippen molar-refractivity contribution in [3.05, 3.63) is 35.9 Å². The Bertz CT molecular complexity index is 456. The van der Waals surface area contributed by atoms with Crippen LogP contribution in [0.5, 0.6) is 0 Å². The highest BCUT2D eigenvalue weighted by atomic mass is 16.5. The van der Waals surface area contributed by atoms with Crippen LogP contribution in [-0.4, -0.2) is 30.6 Å². The third-order valence-electron chi connectivity index (χ3n) is 3.20. The van der Waals surface area contributed by atoms with Crippen LogP contribution in [0, 0.1) is 5.41 Å². The van der Waals surface area contributed by atoms with Crippen molar-refractivity contribution in [3.63, 3.8) is 0 Å². The molecule has 1 amide bonds. The van der Waals surface area contributed by atoms with Gasteiger partial charge in [-0.05, 0) is 25.8 Å². The molecule has 20 heavy (non-hydrogen) atoms. The van der Waals surface area contributed by atoms with E-state index in [1.807, 2.05) is 30.3 Å². The first-order valence-electron chi connectivity index (χ1n) is 6.47. The molecule has 0 heterocycles. The zero-order valence-corrected chi connectivity index (χ0v) is 12.1. The van der Waals surface area contributed by atoms with Gasteiger partial charge >= 0.3 is 5.97 Å². The lowest BCUT2D eigenvalue weighted by molar-refractivity contribution is -0.147. The van der Waals surface area contributed by atoms with Gasteiger partial charge < -0.3 is 15.2 Å². The lowest BCUT2D eigenvalue weighted by Crippen LogP contribution is -2.35. The van der Waals surface area contributed by atoms with Gasteiger partial charge in [0.15, 0.2) is 6.10 Å². The Balaban J connectivity index is 2.56. The first-order valence-corrected chi connectivity index (χ1v) is 6.47. The Morgan fingerprint density at radius 1 is 1.30 bits per heavy atom. The molecule has 0 spiro atoms. The molecule has 0 saturated heterocycles. The number of carboxylic acid groups (broad SMARTS) is 1. The van der Waals surface area contributed by atoms with Gasteiger partial charge in [-0.25, -0.2) is 0 Å². The number of hydrogen-bond acceptors (Lipinski definition) is 3. The highest BCUT2D eigenvalue weighted by Gasteiger charge is 2.27. The minimum atomic E-state index is -0.877. The van der Waals surface area contributed by atoms with E-state index in [0.717, 1.165) is 5.56 Å². The number of nitrogens with one attached hydrogen (secondary N) is 1. The maximum Gasteiger partial charge on any atom is 0.309 e. The third kappa shape index (κ3) is 4.35. The van der Waals surface area contributed by atoms with Crippen molar-refractivity contribution in [2.75, 3.05) is 13.7 Å². The highest BCUT2D eigenvalue weighted by molar-refractivity contribution is 5.82. The summed E-state index contributed by atoms with van der Waals surface area (Å²) in [4.78, 5) is 23.0. The van der Waals surface area contributed by atoms with E-state index < -0.39 is 17.5 Å². The zero-order valence-electron chi connectivity index (χ0n) is 12.1. The number of aliphatic carboxylic acids is 1. The Labute approximate surface area is 118 Å². The lowest BCUT2D eigenvalue weighted by Gasteiger charge is -2.20. The number of rotatable bonds is 7. The van der Waals surface area contributed by atoms with Gasteiger partial charge in [0.25, 0.3) is 5.91 Å². The molecule has 0 aliphatic heterocycles. The molecule has 0 aliphatic carbocycles. The van der Waals surface area contributed by atoms with Crippen LogP contribution in [0.2, 0.25) is 0 Å². The fourth-order valence-corrected chi connectivity index (χ4v) is 1.72. The van der Waals surface area contributed by atoms with Crippen LogP contribution in [0.25, 0.3) is 0 Å².